The number of nitrogens with zero attached hydrogens (tertiary/aromatic N) is 1. The molecule has 244 valence electrons. The Morgan fingerprint density at radius 2 is 1.12 bits per heavy atom. The lowest BCUT2D eigenvalue weighted by Gasteiger charge is -2.27. The number of benzene rings is 9. The Labute approximate surface area is 308 Å². The first kappa shape index (κ1) is 26.0. The highest BCUT2D eigenvalue weighted by atomic mass is 16.3. The van der Waals surface area contributed by atoms with Crippen molar-refractivity contribution in [1.82, 2.24) is 0 Å². The molecule has 9 aromatic carbocycles. The molecule has 0 aliphatic rings. The van der Waals surface area contributed by atoms with Gasteiger partial charge in [-0.25, -0.2) is 0 Å². The molecule has 0 fully saturated rings. The van der Waals surface area contributed by atoms with Gasteiger partial charge in [0, 0.05) is 22.1 Å². The molecular formula is C50H33NO. The Morgan fingerprint density at radius 3 is 1.98 bits per heavy atom. The molecule has 0 saturated carbocycles. The lowest BCUT2D eigenvalue weighted by Crippen LogP contribution is -2.10. The van der Waals surface area contributed by atoms with E-state index in [0.29, 0.717) is 28.1 Å². The van der Waals surface area contributed by atoms with Crippen LogP contribution < -0.4 is 4.90 Å². The van der Waals surface area contributed by atoms with Crippen LogP contribution in [0.4, 0.5) is 17.1 Å². The van der Waals surface area contributed by atoms with Crippen LogP contribution in [0.1, 0.15) is 5.48 Å². The van der Waals surface area contributed by atoms with Crippen LogP contribution in [0.25, 0.3) is 76.9 Å². The summed E-state index contributed by atoms with van der Waals surface area (Å²) in [5.74, 6) is 0. The third kappa shape index (κ3) is 5.12. The molecule has 2 nitrogen and oxygen atoms in total. The third-order valence-electron chi connectivity index (χ3n) is 9.93. The summed E-state index contributed by atoms with van der Waals surface area (Å²) in [6.07, 6.45) is 0. The normalized spacial score (nSPS) is 12.5. The van der Waals surface area contributed by atoms with Crippen LogP contribution in [-0.4, -0.2) is 0 Å². The van der Waals surface area contributed by atoms with E-state index in [-0.39, 0.29) is 29.9 Å². The van der Waals surface area contributed by atoms with E-state index in [0.717, 1.165) is 43.8 Å². The van der Waals surface area contributed by atoms with Crippen molar-refractivity contribution in [2.24, 2.45) is 0 Å². The summed E-state index contributed by atoms with van der Waals surface area (Å²) in [6.45, 7) is 0. The minimum absolute atomic E-state index is 0.00400. The molecule has 10 aromatic rings. The molecule has 2 heteroatoms. The van der Waals surface area contributed by atoms with E-state index in [1.165, 1.54) is 16.3 Å². The summed E-state index contributed by atoms with van der Waals surface area (Å²) in [4.78, 5) is 1.90. The molecule has 1 heterocycles. The van der Waals surface area contributed by atoms with E-state index in [1.54, 1.807) is 0 Å². The van der Waals surface area contributed by atoms with Crippen molar-refractivity contribution in [3.8, 4) is 33.4 Å². The molecule has 0 aliphatic heterocycles. The van der Waals surface area contributed by atoms with Gasteiger partial charge in [0.25, 0.3) is 0 Å². The van der Waals surface area contributed by atoms with Gasteiger partial charge in [-0.15, -0.1) is 0 Å². The Bertz CT molecular complexity index is 3130. The summed E-state index contributed by atoms with van der Waals surface area (Å²) in [5, 5.41) is 6.20. The quantitative estimate of drug-likeness (QED) is 0.175. The Morgan fingerprint density at radius 1 is 0.442 bits per heavy atom. The lowest BCUT2D eigenvalue weighted by atomic mass is 9.95. The van der Waals surface area contributed by atoms with Crippen LogP contribution in [0.15, 0.2) is 205 Å². The highest BCUT2D eigenvalue weighted by Gasteiger charge is 2.21. The van der Waals surface area contributed by atoms with Gasteiger partial charge >= 0.3 is 0 Å². The fourth-order valence-electron chi connectivity index (χ4n) is 7.45. The third-order valence-corrected chi connectivity index (χ3v) is 9.93. The molecule has 0 bridgehead atoms. The molecule has 0 aliphatic carbocycles. The molecule has 52 heavy (non-hydrogen) atoms. The molecular weight excluding hydrogens is 631 g/mol. The summed E-state index contributed by atoms with van der Waals surface area (Å²) in [7, 11) is 0. The van der Waals surface area contributed by atoms with Crippen molar-refractivity contribution >= 4 is 60.5 Å². The van der Waals surface area contributed by atoms with Crippen molar-refractivity contribution < 1.29 is 9.90 Å². The maximum Gasteiger partial charge on any atom is 0.143 e. The molecule has 0 atom stereocenters. The van der Waals surface area contributed by atoms with Crippen molar-refractivity contribution in [3.05, 3.63) is 200 Å². The zero-order valence-corrected chi connectivity index (χ0v) is 28.1. The van der Waals surface area contributed by atoms with Gasteiger partial charge in [0.1, 0.15) is 11.2 Å². The second-order valence-electron chi connectivity index (χ2n) is 13.0. The first-order valence-electron chi connectivity index (χ1n) is 19.4. The minimum atomic E-state index is -0.239. The van der Waals surface area contributed by atoms with Gasteiger partial charge < -0.3 is 9.32 Å². The first-order chi connectivity index (χ1) is 27.5. The summed E-state index contributed by atoms with van der Waals surface area (Å²) in [6, 6.07) is 58.4. The van der Waals surface area contributed by atoms with Gasteiger partial charge in [-0.2, -0.15) is 0 Å². The highest BCUT2D eigenvalue weighted by molar-refractivity contribution is 6.19. The summed E-state index contributed by atoms with van der Waals surface area (Å²) in [5.41, 5.74) is 8.40. The second kappa shape index (κ2) is 12.5. The number of fused-ring (bicyclic) bond motifs is 6. The van der Waals surface area contributed by atoms with E-state index < -0.39 is 0 Å². The SMILES string of the molecule is [2H]c1c([2H])c(-c2ccccc2)c([2H])c(N(c2ccc(-c3cccc(-c4cccc5ccccc45)c3)cc2)c2cccc3oc4c5ccccc5ccc4c23)c1[2H]. The zero-order chi connectivity index (χ0) is 37.9. The Kier molecular flexibility index (Phi) is 6.22. The molecule has 0 N–H and O–H groups in total. The first-order valence-corrected chi connectivity index (χ1v) is 17.4. The Balaban J connectivity index is 1.18. The monoisotopic (exact) mass is 667 g/mol. The topological polar surface area (TPSA) is 16.4 Å². The predicted molar refractivity (Wildman–Crippen MR) is 220 cm³/mol. The van der Waals surface area contributed by atoms with Crippen LogP contribution in [-0.2, 0) is 0 Å². The summed E-state index contributed by atoms with van der Waals surface area (Å²) >= 11 is 0. The standard InChI is InChI=1S/C50H33NO/c1-2-12-34(13-3-1)39-18-9-20-42(33-39)51(47-24-11-25-48-49(47)46-31-28-37-15-5-7-22-45(37)50(46)52-48)41-29-26-35(27-30-41)38-17-8-19-40(32-38)44-23-10-16-36-14-4-6-21-43(36)44/h1-33H/i9D,18D,20D,33D. The van der Waals surface area contributed by atoms with E-state index >= 15 is 0 Å². The van der Waals surface area contributed by atoms with Crippen LogP contribution in [0.3, 0.4) is 0 Å². The van der Waals surface area contributed by atoms with E-state index in [1.807, 2.05) is 77.7 Å². The van der Waals surface area contributed by atoms with Gasteiger partial charge in [0.2, 0.25) is 0 Å². The van der Waals surface area contributed by atoms with E-state index in [2.05, 4.69) is 103 Å². The van der Waals surface area contributed by atoms with Crippen molar-refractivity contribution in [2.75, 3.05) is 4.90 Å². The van der Waals surface area contributed by atoms with Crippen molar-refractivity contribution in [1.29, 1.82) is 0 Å². The van der Waals surface area contributed by atoms with E-state index in [9.17, 15) is 2.74 Å². The van der Waals surface area contributed by atoms with E-state index in [4.69, 9.17) is 7.16 Å². The van der Waals surface area contributed by atoms with Crippen molar-refractivity contribution in [2.45, 2.75) is 0 Å². The molecule has 0 radical (unpaired) electrons. The molecule has 10 rings (SSSR count). The van der Waals surface area contributed by atoms with Gasteiger partial charge in [-0.3, -0.25) is 0 Å². The maximum atomic E-state index is 9.68. The number of furan rings is 1. The highest BCUT2D eigenvalue weighted by Crippen LogP contribution is 2.45. The van der Waals surface area contributed by atoms with Crippen LogP contribution in [0.2, 0.25) is 0 Å². The second-order valence-corrected chi connectivity index (χ2v) is 13.0. The molecule has 0 unspecified atom stereocenters. The van der Waals surface area contributed by atoms with Gasteiger partial charge in [-0.1, -0.05) is 152 Å². The fourth-order valence-corrected chi connectivity index (χ4v) is 7.45. The zero-order valence-electron chi connectivity index (χ0n) is 32.1. The smallest absolute Gasteiger partial charge is 0.143 e. The van der Waals surface area contributed by atoms with Crippen LogP contribution in [0, 0.1) is 0 Å². The van der Waals surface area contributed by atoms with Gasteiger partial charge in [-0.05, 0) is 98.0 Å². The molecule has 1 aromatic heterocycles. The minimum Gasteiger partial charge on any atom is -0.455 e. The maximum absolute atomic E-state index is 9.68. The van der Waals surface area contributed by atoms with Crippen LogP contribution >= 0.6 is 0 Å². The largest absolute Gasteiger partial charge is 0.455 e. The van der Waals surface area contributed by atoms with Crippen LogP contribution in [0.5, 0.6) is 0 Å². The number of anilines is 3. The molecule has 0 saturated heterocycles. The number of hydrogen-bond donors (Lipinski definition) is 0. The predicted octanol–water partition coefficient (Wildman–Crippen LogP) is 14.4. The lowest BCUT2D eigenvalue weighted by molar-refractivity contribution is 0.672. The summed E-state index contributed by atoms with van der Waals surface area (Å²) < 4.78 is 43.6. The van der Waals surface area contributed by atoms with Gasteiger partial charge in [0.15, 0.2) is 0 Å². The number of rotatable bonds is 6. The van der Waals surface area contributed by atoms with Gasteiger partial charge in [0.05, 0.1) is 16.6 Å². The average Bonchev–Trinajstić information content (AvgIpc) is 3.65. The fraction of sp³-hybridized carbons (Fsp3) is 0. The van der Waals surface area contributed by atoms with Crippen molar-refractivity contribution in [3.63, 3.8) is 0 Å². The molecule has 0 spiro atoms. The average molecular weight is 668 g/mol. The Hall–Kier alpha value is -6.90. The molecule has 0 amide bonds. The number of hydrogen-bond acceptors (Lipinski definition) is 2.